The van der Waals surface area contributed by atoms with Crippen molar-refractivity contribution in [3.05, 3.63) is 46.4 Å². The molecule has 2 rings (SSSR count). The van der Waals surface area contributed by atoms with E-state index in [4.69, 9.17) is 10.5 Å². The van der Waals surface area contributed by atoms with Crippen molar-refractivity contribution in [2.75, 3.05) is 17.7 Å². The SMILES string of the molecule is CCCOc1cc(Nc2cc(F)ccc2Br)c(N)cc1F. The van der Waals surface area contributed by atoms with Crippen molar-refractivity contribution < 1.29 is 13.5 Å². The van der Waals surface area contributed by atoms with Gasteiger partial charge in [-0.1, -0.05) is 6.92 Å². The highest BCUT2D eigenvalue weighted by molar-refractivity contribution is 9.10. The number of nitrogen functional groups attached to an aromatic ring is 1. The average molecular weight is 357 g/mol. The van der Waals surface area contributed by atoms with Gasteiger partial charge in [-0.3, -0.25) is 0 Å². The lowest BCUT2D eigenvalue weighted by Gasteiger charge is -2.14. The zero-order valence-electron chi connectivity index (χ0n) is 11.4. The molecule has 0 aliphatic heterocycles. The molecule has 0 aliphatic carbocycles. The molecule has 0 spiro atoms. The van der Waals surface area contributed by atoms with Crippen molar-refractivity contribution in [1.82, 2.24) is 0 Å². The van der Waals surface area contributed by atoms with E-state index in [0.29, 0.717) is 22.5 Å². The minimum Gasteiger partial charge on any atom is -0.490 e. The quantitative estimate of drug-likeness (QED) is 0.753. The van der Waals surface area contributed by atoms with Crippen LogP contribution in [0.5, 0.6) is 5.75 Å². The zero-order chi connectivity index (χ0) is 15.4. The second-order valence-corrected chi connectivity index (χ2v) is 5.32. The number of hydrogen-bond acceptors (Lipinski definition) is 3. The third-order valence-electron chi connectivity index (χ3n) is 2.76. The summed E-state index contributed by atoms with van der Waals surface area (Å²) in [6.45, 7) is 2.34. The lowest BCUT2D eigenvalue weighted by atomic mass is 10.2. The Morgan fingerprint density at radius 3 is 2.67 bits per heavy atom. The molecule has 0 heterocycles. The third kappa shape index (κ3) is 3.85. The summed E-state index contributed by atoms with van der Waals surface area (Å²) < 4.78 is 33.0. The fourth-order valence-corrected chi connectivity index (χ4v) is 2.08. The van der Waals surface area contributed by atoms with Crippen LogP contribution in [0.3, 0.4) is 0 Å². The summed E-state index contributed by atoms with van der Waals surface area (Å²) >= 11 is 3.31. The van der Waals surface area contributed by atoms with E-state index in [9.17, 15) is 8.78 Å². The number of halogens is 3. The minimum atomic E-state index is -0.523. The van der Waals surface area contributed by atoms with Crippen LogP contribution in [0.2, 0.25) is 0 Å². The van der Waals surface area contributed by atoms with Gasteiger partial charge in [0.15, 0.2) is 11.6 Å². The van der Waals surface area contributed by atoms with Gasteiger partial charge in [0.1, 0.15) is 5.82 Å². The number of benzene rings is 2. The lowest BCUT2D eigenvalue weighted by molar-refractivity contribution is 0.301. The summed E-state index contributed by atoms with van der Waals surface area (Å²) in [6, 6.07) is 6.88. The fourth-order valence-electron chi connectivity index (χ4n) is 1.74. The topological polar surface area (TPSA) is 47.3 Å². The molecule has 0 aromatic heterocycles. The smallest absolute Gasteiger partial charge is 0.167 e. The van der Waals surface area contributed by atoms with Gasteiger partial charge < -0.3 is 15.8 Å². The van der Waals surface area contributed by atoms with Crippen LogP contribution < -0.4 is 15.8 Å². The molecule has 0 amide bonds. The second-order valence-electron chi connectivity index (χ2n) is 4.47. The Kier molecular flexibility index (Phi) is 5.01. The van der Waals surface area contributed by atoms with E-state index in [1.165, 1.54) is 24.3 Å². The predicted molar refractivity (Wildman–Crippen MR) is 84.0 cm³/mol. The van der Waals surface area contributed by atoms with Crippen LogP contribution in [0.15, 0.2) is 34.8 Å². The molecular weight excluding hydrogens is 342 g/mol. The largest absolute Gasteiger partial charge is 0.490 e. The number of ether oxygens (including phenoxy) is 1. The Labute approximate surface area is 130 Å². The van der Waals surface area contributed by atoms with Gasteiger partial charge in [0.25, 0.3) is 0 Å². The summed E-state index contributed by atoms with van der Waals surface area (Å²) in [7, 11) is 0. The summed E-state index contributed by atoms with van der Waals surface area (Å²) in [5, 5.41) is 2.97. The van der Waals surface area contributed by atoms with Crippen LogP contribution in [0.25, 0.3) is 0 Å². The first kappa shape index (κ1) is 15.6. The van der Waals surface area contributed by atoms with E-state index in [0.717, 1.165) is 6.42 Å². The van der Waals surface area contributed by atoms with E-state index in [1.807, 2.05) is 6.92 Å². The average Bonchev–Trinajstić information content (AvgIpc) is 2.44. The van der Waals surface area contributed by atoms with Crippen molar-refractivity contribution >= 4 is 33.0 Å². The molecule has 2 aromatic rings. The van der Waals surface area contributed by atoms with E-state index >= 15 is 0 Å². The second kappa shape index (κ2) is 6.76. The Morgan fingerprint density at radius 2 is 1.95 bits per heavy atom. The van der Waals surface area contributed by atoms with Crippen molar-refractivity contribution in [2.24, 2.45) is 0 Å². The number of hydrogen-bond donors (Lipinski definition) is 2. The van der Waals surface area contributed by atoms with Crippen molar-refractivity contribution in [3.8, 4) is 5.75 Å². The molecule has 0 fully saturated rings. The molecule has 2 aromatic carbocycles. The fraction of sp³-hybridized carbons (Fsp3) is 0.200. The highest BCUT2D eigenvalue weighted by Gasteiger charge is 2.11. The summed E-state index contributed by atoms with van der Waals surface area (Å²) in [4.78, 5) is 0. The Morgan fingerprint density at radius 1 is 1.19 bits per heavy atom. The highest BCUT2D eigenvalue weighted by atomic mass is 79.9. The summed E-state index contributed by atoms with van der Waals surface area (Å²) in [6.07, 6.45) is 0.766. The van der Waals surface area contributed by atoms with Gasteiger partial charge in [-0.05, 0) is 40.5 Å². The maximum atomic E-state index is 13.7. The first-order chi connectivity index (χ1) is 10.0. The van der Waals surface area contributed by atoms with E-state index in [2.05, 4.69) is 21.2 Å². The zero-order valence-corrected chi connectivity index (χ0v) is 13.0. The molecule has 0 radical (unpaired) electrons. The van der Waals surface area contributed by atoms with Crippen LogP contribution >= 0.6 is 15.9 Å². The van der Waals surface area contributed by atoms with Crippen LogP contribution in [-0.2, 0) is 0 Å². The first-order valence-corrected chi connectivity index (χ1v) is 7.24. The van der Waals surface area contributed by atoms with Crippen molar-refractivity contribution in [3.63, 3.8) is 0 Å². The third-order valence-corrected chi connectivity index (χ3v) is 3.45. The number of anilines is 3. The van der Waals surface area contributed by atoms with Crippen LogP contribution in [0.4, 0.5) is 25.8 Å². The van der Waals surface area contributed by atoms with Gasteiger partial charge in [0.05, 0.1) is 23.7 Å². The molecule has 6 heteroatoms. The van der Waals surface area contributed by atoms with Gasteiger partial charge in [-0.2, -0.15) is 0 Å². The van der Waals surface area contributed by atoms with Crippen molar-refractivity contribution in [1.29, 1.82) is 0 Å². The number of nitrogens with two attached hydrogens (primary N) is 1. The molecule has 112 valence electrons. The maximum absolute atomic E-state index is 13.7. The summed E-state index contributed by atoms with van der Waals surface area (Å²) in [5.74, 6) is -0.797. The molecule has 3 N–H and O–H groups in total. The van der Waals surface area contributed by atoms with Gasteiger partial charge in [0.2, 0.25) is 0 Å². The summed E-state index contributed by atoms with van der Waals surface area (Å²) in [5.41, 5.74) is 6.95. The molecule has 0 aliphatic rings. The van der Waals surface area contributed by atoms with Gasteiger partial charge in [-0.15, -0.1) is 0 Å². The van der Waals surface area contributed by atoms with E-state index in [-0.39, 0.29) is 17.3 Å². The van der Waals surface area contributed by atoms with Crippen LogP contribution in [0.1, 0.15) is 13.3 Å². The Bertz CT molecular complexity index is 650. The van der Waals surface area contributed by atoms with Crippen LogP contribution in [-0.4, -0.2) is 6.61 Å². The van der Waals surface area contributed by atoms with E-state index < -0.39 is 5.82 Å². The standard InChI is InChI=1S/C15H15BrF2N2O/c1-2-5-21-15-8-14(12(19)7-11(15)18)20-13-6-9(17)3-4-10(13)16/h3-4,6-8,20H,2,5,19H2,1H3. The number of nitrogens with one attached hydrogen (secondary N) is 1. The molecule has 3 nitrogen and oxygen atoms in total. The normalized spacial score (nSPS) is 10.5. The highest BCUT2D eigenvalue weighted by Crippen LogP contribution is 2.33. The Balaban J connectivity index is 2.32. The molecule has 0 atom stereocenters. The first-order valence-electron chi connectivity index (χ1n) is 6.45. The minimum absolute atomic E-state index is 0.112. The molecule has 0 bridgehead atoms. The lowest BCUT2D eigenvalue weighted by Crippen LogP contribution is -2.02. The van der Waals surface area contributed by atoms with Gasteiger partial charge in [-0.25, -0.2) is 8.78 Å². The molecule has 0 saturated heterocycles. The number of rotatable bonds is 5. The molecule has 0 saturated carbocycles. The maximum Gasteiger partial charge on any atom is 0.167 e. The van der Waals surface area contributed by atoms with Gasteiger partial charge >= 0.3 is 0 Å². The van der Waals surface area contributed by atoms with E-state index in [1.54, 1.807) is 6.07 Å². The monoisotopic (exact) mass is 356 g/mol. The van der Waals surface area contributed by atoms with Crippen molar-refractivity contribution in [2.45, 2.75) is 13.3 Å². The molecule has 0 unspecified atom stereocenters. The molecule has 21 heavy (non-hydrogen) atoms. The molecular formula is C15H15BrF2N2O. The Hall–Kier alpha value is -1.82. The predicted octanol–water partition coefficient (Wildman–Crippen LogP) is 4.84. The van der Waals surface area contributed by atoms with Crippen LogP contribution in [0, 0.1) is 11.6 Å². The van der Waals surface area contributed by atoms with Gasteiger partial charge in [0, 0.05) is 16.6 Å².